The highest BCUT2D eigenvalue weighted by Gasteiger charge is 2.52. The highest BCUT2D eigenvalue weighted by Crippen LogP contribution is 2.34. The monoisotopic (exact) mass is 295 g/mol. The van der Waals surface area contributed by atoms with Gasteiger partial charge in [-0.3, -0.25) is 4.79 Å². The van der Waals surface area contributed by atoms with Gasteiger partial charge in [-0.1, -0.05) is 38.5 Å². The molecule has 1 aliphatic carbocycles. The molecule has 1 atom stereocenters. The molecule has 21 heavy (non-hydrogen) atoms. The van der Waals surface area contributed by atoms with E-state index in [1.54, 1.807) is 0 Å². The van der Waals surface area contributed by atoms with Gasteiger partial charge in [0.25, 0.3) is 5.71 Å². The number of rotatable bonds is 1. The number of carboxylic acid groups (broad SMARTS) is 1. The van der Waals surface area contributed by atoms with E-state index in [0.717, 1.165) is 38.5 Å². The lowest BCUT2D eigenvalue weighted by molar-refractivity contribution is -0.524. The van der Waals surface area contributed by atoms with Crippen molar-refractivity contribution in [2.75, 3.05) is 0 Å². The quantitative estimate of drug-likeness (QED) is 0.595. The van der Waals surface area contributed by atoms with Crippen molar-refractivity contribution < 1.29 is 19.4 Å². The third-order valence-corrected chi connectivity index (χ3v) is 4.92. The largest absolute Gasteiger partial charge is 0.623 e. The molecule has 1 fully saturated rings. The summed E-state index contributed by atoms with van der Waals surface area (Å²) in [6.45, 7) is 0. The number of hydrogen-bond acceptors (Lipinski definition) is 3. The molecule has 1 heterocycles. The minimum absolute atomic E-state index is 0.0469. The van der Waals surface area contributed by atoms with E-state index in [9.17, 15) is 14.8 Å². The van der Waals surface area contributed by atoms with Gasteiger partial charge < -0.3 is 10.3 Å². The Balaban J connectivity index is 2.19. The predicted molar refractivity (Wildman–Crippen MR) is 79.4 cm³/mol. The minimum Gasteiger partial charge on any atom is -0.623 e. The molecule has 0 aromatic carbocycles. The van der Waals surface area contributed by atoms with Crippen LogP contribution in [0.15, 0.2) is 0 Å². The molecule has 2 aliphatic rings. The summed E-state index contributed by atoms with van der Waals surface area (Å²) in [5, 5.41) is 21.5. The summed E-state index contributed by atoms with van der Waals surface area (Å²) in [6, 6.07) is 0. The normalized spacial score (nSPS) is 29.2. The van der Waals surface area contributed by atoms with Crippen molar-refractivity contribution in [3.63, 3.8) is 0 Å². The van der Waals surface area contributed by atoms with Gasteiger partial charge in [0.1, 0.15) is 0 Å². The fraction of sp³-hybridized carbons (Fsp3) is 0.812. The Kier molecular flexibility index (Phi) is 5.37. The van der Waals surface area contributed by atoms with E-state index in [1.165, 1.54) is 12.8 Å². The number of Topliss-reactive ketones (excluding diaryl/α,β-unsaturated/α-hetero) is 1. The Morgan fingerprint density at radius 1 is 0.952 bits per heavy atom. The summed E-state index contributed by atoms with van der Waals surface area (Å²) < 4.78 is 0.545. The highest BCUT2D eigenvalue weighted by molar-refractivity contribution is 6.34. The molecule has 2 rings (SSSR count). The topological polar surface area (TPSA) is 80.4 Å². The first-order valence-electron chi connectivity index (χ1n) is 8.18. The van der Waals surface area contributed by atoms with Crippen molar-refractivity contribution in [1.29, 1.82) is 0 Å². The van der Waals surface area contributed by atoms with Gasteiger partial charge in [0.2, 0.25) is 11.3 Å². The average molecular weight is 295 g/mol. The van der Waals surface area contributed by atoms with Crippen LogP contribution in [0.3, 0.4) is 0 Å². The summed E-state index contributed by atoms with van der Waals surface area (Å²) >= 11 is 0. The molecule has 0 radical (unpaired) electrons. The van der Waals surface area contributed by atoms with Crippen molar-refractivity contribution in [3.05, 3.63) is 5.21 Å². The molecule has 0 aromatic heterocycles. The first-order chi connectivity index (χ1) is 10.1. The fourth-order valence-electron chi connectivity index (χ4n) is 3.60. The van der Waals surface area contributed by atoms with Crippen LogP contribution in [0.1, 0.15) is 77.0 Å². The van der Waals surface area contributed by atoms with Crippen LogP contribution in [-0.2, 0) is 9.59 Å². The molecule has 118 valence electrons. The second-order valence-corrected chi connectivity index (χ2v) is 6.33. The zero-order valence-electron chi connectivity index (χ0n) is 12.6. The van der Waals surface area contributed by atoms with E-state index in [2.05, 4.69) is 0 Å². The number of aliphatic carboxylic acids is 1. The lowest BCUT2D eigenvalue weighted by atomic mass is 9.83. The van der Waals surface area contributed by atoms with E-state index in [-0.39, 0.29) is 17.9 Å². The average Bonchev–Trinajstić information content (AvgIpc) is 2.77. The van der Waals surface area contributed by atoms with E-state index < -0.39 is 11.5 Å². The van der Waals surface area contributed by atoms with Crippen LogP contribution in [0.4, 0.5) is 0 Å². The van der Waals surface area contributed by atoms with Gasteiger partial charge in [-0.05, 0) is 12.8 Å². The third kappa shape index (κ3) is 3.44. The van der Waals surface area contributed by atoms with E-state index >= 15 is 0 Å². The molecule has 0 bridgehead atoms. The molecule has 0 amide bonds. The second-order valence-electron chi connectivity index (χ2n) is 6.33. The zero-order chi connectivity index (χ0) is 15.3. The molecule has 5 nitrogen and oxygen atoms in total. The Morgan fingerprint density at radius 3 is 2.10 bits per heavy atom. The van der Waals surface area contributed by atoms with Crippen LogP contribution in [0.2, 0.25) is 0 Å². The number of carbonyl (C=O) groups excluding carboxylic acids is 1. The molecule has 1 aliphatic heterocycles. The van der Waals surface area contributed by atoms with E-state index in [4.69, 9.17) is 5.11 Å². The molecule has 1 N–H and O–H groups in total. The standard InChI is InChI=1S/C16H25NO4/c18-14-9-7-5-3-1-2-4-6-8-11-16(14)12-10-13(15(19)20)17(16)21/h1-12H2,(H,19,20). The molecule has 1 spiro atoms. The summed E-state index contributed by atoms with van der Waals surface area (Å²) in [5.41, 5.74) is -1.23. The minimum atomic E-state index is -1.18. The lowest BCUT2D eigenvalue weighted by Crippen LogP contribution is -2.45. The van der Waals surface area contributed by atoms with Crippen LogP contribution in [0, 0.1) is 5.21 Å². The van der Waals surface area contributed by atoms with Gasteiger partial charge in [0, 0.05) is 25.7 Å². The number of nitrogens with zero attached hydrogens (tertiary/aromatic N) is 1. The highest BCUT2D eigenvalue weighted by atomic mass is 16.5. The Morgan fingerprint density at radius 2 is 1.52 bits per heavy atom. The van der Waals surface area contributed by atoms with Crippen molar-refractivity contribution in [1.82, 2.24) is 0 Å². The van der Waals surface area contributed by atoms with Crippen LogP contribution in [0.5, 0.6) is 0 Å². The number of carbonyl (C=O) groups is 2. The summed E-state index contributed by atoms with van der Waals surface area (Å²) in [4.78, 5) is 23.7. The Bertz CT molecular complexity index is 444. The van der Waals surface area contributed by atoms with E-state index in [1.807, 2.05) is 0 Å². The van der Waals surface area contributed by atoms with Crippen molar-refractivity contribution in [2.24, 2.45) is 0 Å². The molecule has 1 unspecified atom stereocenters. The maximum atomic E-state index is 12.6. The first-order valence-corrected chi connectivity index (χ1v) is 8.18. The maximum Gasteiger partial charge on any atom is 0.397 e. The first kappa shape index (κ1) is 16.0. The summed E-state index contributed by atoms with van der Waals surface area (Å²) in [6.07, 6.45) is 9.92. The molecular formula is C16H25NO4. The number of hydroxylamine groups is 1. The summed E-state index contributed by atoms with van der Waals surface area (Å²) in [7, 11) is 0. The maximum absolute atomic E-state index is 12.6. The van der Waals surface area contributed by atoms with Gasteiger partial charge >= 0.3 is 5.97 Å². The summed E-state index contributed by atoms with van der Waals surface area (Å²) in [5.74, 6) is -1.23. The molecule has 0 saturated heterocycles. The van der Waals surface area contributed by atoms with Crippen molar-refractivity contribution >= 4 is 17.5 Å². The molecule has 0 aromatic rings. The SMILES string of the molecule is O=C(O)C1=[N+]([O-])C2(CCCCCCCCCCC2=O)CC1. The van der Waals surface area contributed by atoms with Gasteiger partial charge in [-0.2, -0.15) is 4.74 Å². The third-order valence-electron chi connectivity index (χ3n) is 4.92. The second kappa shape index (κ2) is 7.05. The number of carboxylic acids is 1. The van der Waals surface area contributed by atoms with Crippen LogP contribution >= 0.6 is 0 Å². The number of hydrogen-bond donors (Lipinski definition) is 1. The van der Waals surface area contributed by atoms with Gasteiger partial charge in [-0.25, -0.2) is 4.79 Å². The van der Waals surface area contributed by atoms with Crippen LogP contribution in [-0.4, -0.2) is 32.8 Å². The van der Waals surface area contributed by atoms with E-state index in [0.29, 0.717) is 24.0 Å². The van der Waals surface area contributed by atoms with Crippen LogP contribution < -0.4 is 0 Å². The van der Waals surface area contributed by atoms with Crippen molar-refractivity contribution in [3.8, 4) is 0 Å². The van der Waals surface area contributed by atoms with Crippen LogP contribution in [0.25, 0.3) is 0 Å². The number of ketones is 1. The zero-order valence-corrected chi connectivity index (χ0v) is 12.6. The van der Waals surface area contributed by atoms with Gasteiger partial charge in [-0.15, -0.1) is 0 Å². The lowest BCUT2D eigenvalue weighted by Gasteiger charge is -2.27. The molecular weight excluding hydrogens is 270 g/mol. The fourth-order valence-corrected chi connectivity index (χ4v) is 3.60. The van der Waals surface area contributed by atoms with Gasteiger partial charge in [0.15, 0.2) is 0 Å². The van der Waals surface area contributed by atoms with Gasteiger partial charge in [0.05, 0.1) is 0 Å². The Hall–Kier alpha value is -1.39. The Labute approximate surface area is 125 Å². The molecule has 5 heteroatoms. The van der Waals surface area contributed by atoms with Crippen molar-refractivity contribution in [2.45, 2.75) is 82.6 Å². The predicted octanol–water partition coefficient (Wildman–Crippen LogP) is 3.04. The smallest absolute Gasteiger partial charge is 0.397 e. The molecule has 1 saturated carbocycles.